The first kappa shape index (κ1) is 94.9. The van der Waals surface area contributed by atoms with Crippen LogP contribution in [-0.2, 0) is 65.4 Å². The predicted molar refractivity (Wildman–Crippen MR) is 408 cm³/mol. The lowest BCUT2D eigenvalue weighted by Gasteiger charge is -2.21. The van der Waals surface area contributed by atoms with Crippen molar-refractivity contribution >= 4 is 39.5 Å². The van der Waals surface area contributed by atoms with E-state index in [1.807, 2.05) is 12.2 Å². The summed E-state index contributed by atoms with van der Waals surface area (Å²) in [4.78, 5) is 72.8. The van der Waals surface area contributed by atoms with E-state index in [4.69, 9.17) is 37.0 Å². The van der Waals surface area contributed by atoms with E-state index >= 15 is 0 Å². The van der Waals surface area contributed by atoms with Gasteiger partial charge in [-0.2, -0.15) is 0 Å². The summed E-state index contributed by atoms with van der Waals surface area (Å²) in [5.74, 6) is -2.31. The van der Waals surface area contributed by atoms with Crippen molar-refractivity contribution in [2.45, 2.75) is 303 Å². The van der Waals surface area contributed by atoms with E-state index in [-0.39, 0.29) is 25.7 Å². The van der Waals surface area contributed by atoms with Crippen molar-refractivity contribution in [1.82, 2.24) is 0 Å². The Balaban J connectivity index is 5.40. The standard InChI is InChI=1S/C81H134O17P2/c1-5-9-13-17-21-25-29-32-34-36-37-39-41-44-47-50-54-58-62-66-78(83)91-71-76(97-80(85)67-63-59-55-51-45-28-24-20-16-12-8-4)73-95-99(87,88)93-69-75(82)70-94-100(89,90)96-74-77(98-81(86)68-64-60-56-52-48-42-31-27-23-19-15-11-7-3)72-92-79(84)65-61-57-53-49-46-43-40-38-35-33-30-26-22-18-14-10-6-2/h9-10,13-14,20-22,24-27,31-35,37,39-40,43-44,47,49,53,75-77,82H,5-8,11-12,15-19,23,28-30,36,38,41-42,45-46,48,50-52,54-74H2,1-4H3,(H,87,88)(H,89,90)/b13-9-,14-10-,24-20-,25-21-,26-22-,31-27-,34-32-,35-33-,39-37-,43-40-,47-44-,53-49-. The summed E-state index contributed by atoms with van der Waals surface area (Å²) in [7, 11) is -9.98. The van der Waals surface area contributed by atoms with Crippen LogP contribution in [0.15, 0.2) is 146 Å². The van der Waals surface area contributed by atoms with E-state index in [1.54, 1.807) is 0 Å². The second kappa shape index (κ2) is 72.3. The average molecular weight is 1440 g/mol. The molecule has 17 nitrogen and oxygen atoms in total. The Morgan fingerprint density at radius 1 is 0.290 bits per heavy atom. The zero-order chi connectivity index (χ0) is 73.2. The van der Waals surface area contributed by atoms with Crippen LogP contribution in [0.3, 0.4) is 0 Å². The van der Waals surface area contributed by atoms with Crippen molar-refractivity contribution < 1.29 is 80.2 Å². The molecule has 19 heteroatoms. The molecule has 0 radical (unpaired) electrons. The molecule has 0 spiro atoms. The minimum absolute atomic E-state index is 0.0683. The molecule has 0 aromatic heterocycles. The minimum Gasteiger partial charge on any atom is -0.462 e. The van der Waals surface area contributed by atoms with Gasteiger partial charge < -0.3 is 33.8 Å². The van der Waals surface area contributed by atoms with E-state index in [0.29, 0.717) is 32.1 Å². The smallest absolute Gasteiger partial charge is 0.462 e. The highest BCUT2D eigenvalue weighted by molar-refractivity contribution is 7.47. The molecule has 0 aliphatic heterocycles. The molecule has 0 aliphatic carbocycles. The second-order valence-electron chi connectivity index (χ2n) is 24.8. The average Bonchev–Trinajstić information content (AvgIpc) is 1.02. The molecule has 0 aliphatic rings. The molecule has 5 atom stereocenters. The molecule has 0 rings (SSSR count). The number of allylic oxidation sites excluding steroid dienone is 24. The van der Waals surface area contributed by atoms with Crippen LogP contribution in [0.5, 0.6) is 0 Å². The Morgan fingerprint density at radius 2 is 0.540 bits per heavy atom. The summed E-state index contributed by atoms with van der Waals surface area (Å²) in [5, 5.41) is 10.6. The number of carbonyl (C=O) groups excluding carboxylic acids is 4. The summed E-state index contributed by atoms with van der Waals surface area (Å²) < 4.78 is 68.3. The number of phosphoric acid groups is 2. The summed E-state index contributed by atoms with van der Waals surface area (Å²) in [6.07, 6.45) is 81.4. The largest absolute Gasteiger partial charge is 0.472 e. The van der Waals surface area contributed by atoms with Gasteiger partial charge in [0, 0.05) is 25.7 Å². The number of unbranched alkanes of at least 4 members (excludes halogenated alkanes) is 20. The van der Waals surface area contributed by atoms with E-state index in [0.717, 1.165) is 161 Å². The lowest BCUT2D eigenvalue weighted by atomic mass is 10.1. The van der Waals surface area contributed by atoms with Gasteiger partial charge in [0.2, 0.25) is 0 Å². The van der Waals surface area contributed by atoms with Crippen LogP contribution >= 0.6 is 15.6 Å². The van der Waals surface area contributed by atoms with Crippen molar-refractivity contribution in [3.05, 3.63) is 146 Å². The number of hydrogen-bond donors (Lipinski definition) is 3. The SMILES string of the molecule is CC/C=C\C/C=C\C/C=C\C/C=C\C/C=C\CCCCCC(=O)OCC(COP(=O)(O)OCC(O)COP(=O)(O)OCC(COC(=O)CCC/C=C\C/C=C\C/C=C\C/C=C\C/C=C\CC)OC(=O)CCCCCCC/C=C\CCCCCC)OC(=O)CCCCCCC/C=C\CCCC. The Hall–Kier alpha value is -5.06. The lowest BCUT2D eigenvalue weighted by Crippen LogP contribution is -2.30. The Morgan fingerprint density at radius 3 is 0.890 bits per heavy atom. The van der Waals surface area contributed by atoms with Crippen molar-refractivity contribution in [3.63, 3.8) is 0 Å². The van der Waals surface area contributed by atoms with Gasteiger partial charge in [0.05, 0.1) is 26.4 Å². The van der Waals surface area contributed by atoms with Crippen LogP contribution in [0.1, 0.15) is 285 Å². The maximum atomic E-state index is 13.1. The van der Waals surface area contributed by atoms with Gasteiger partial charge in [-0.3, -0.25) is 37.3 Å². The van der Waals surface area contributed by atoms with E-state index in [9.17, 15) is 43.2 Å². The quantitative estimate of drug-likeness (QED) is 0.0169. The molecule has 0 saturated carbocycles. The number of carbonyl (C=O) groups is 4. The number of ether oxygens (including phenoxy) is 4. The molecule has 100 heavy (non-hydrogen) atoms. The molecule has 0 fully saturated rings. The van der Waals surface area contributed by atoms with Crippen molar-refractivity contribution in [2.75, 3.05) is 39.6 Å². The van der Waals surface area contributed by atoms with Crippen molar-refractivity contribution in [1.29, 1.82) is 0 Å². The van der Waals surface area contributed by atoms with Gasteiger partial charge in [-0.05, 0) is 154 Å². The molecule has 0 aromatic rings. The zero-order valence-corrected chi connectivity index (χ0v) is 63.9. The first-order valence-electron chi connectivity index (χ1n) is 38.1. The highest BCUT2D eigenvalue weighted by atomic mass is 31.2. The number of esters is 4. The third kappa shape index (κ3) is 71.3. The van der Waals surface area contributed by atoms with Gasteiger partial charge in [-0.25, -0.2) is 9.13 Å². The molecule has 0 aromatic carbocycles. The summed E-state index contributed by atoms with van der Waals surface area (Å²) in [6.45, 7) is 4.45. The number of aliphatic hydroxyl groups is 1. The fraction of sp³-hybridized carbons (Fsp3) is 0.654. The molecular weight excluding hydrogens is 1310 g/mol. The van der Waals surface area contributed by atoms with E-state index < -0.39 is 97.5 Å². The molecule has 570 valence electrons. The van der Waals surface area contributed by atoms with Gasteiger partial charge in [-0.1, -0.05) is 251 Å². The van der Waals surface area contributed by atoms with Crippen molar-refractivity contribution in [2.24, 2.45) is 0 Å². The molecular formula is C81H134O17P2. The summed E-state index contributed by atoms with van der Waals surface area (Å²) >= 11 is 0. The van der Waals surface area contributed by atoms with Gasteiger partial charge in [-0.15, -0.1) is 0 Å². The Bertz CT molecular complexity index is 2470. The number of aliphatic hydroxyl groups excluding tert-OH is 1. The van der Waals surface area contributed by atoms with Gasteiger partial charge in [0.1, 0.15) is 19.3 Å². The first-order valence-corrected chi connectivity index (χ1v) is 41.1. The number of rotatable bonds is 70. The minimum atomic E-state index is -4.99. The maximum Gasteiger partial charge on any atom is 0.472 e. The van der Waals surface area contributed by atoms with Crippen LogP contribution in [0.4, 0.5) is 0 Å². The summed E-state index contributed by atoms with van der Waals surface area (Å²) in [5.41, 5.74) is 0. The fourth-order valence-electron chi connectivity index (χ4n) is 9.49. The van der Waals surface area contributed by atoms with Gasteiger partial charge in [0.25, 0.3) is 0 Å². The normalized spacial score (nSPS) is 14.8. The zero-order valence-electron chi connectivity index (χ0n) is 62.1. The van der Waals surface area contributed by atoms with Gasteiger partial charge >= 0.3 is 39.5 Å². The highest BCUT2D eigenvalue weighted by Crippen LogP contribution is 2.45. The third-order valence-corrected chi connectivity index (χ3v) is 17.2. The van der Waals surface area contributed by atoms with Crippen LogP contribution < -0.4 is 0 Å². The molecule has 5 unspecified atom stereocenters. The van der Waals surface area contributed by atoms with Crippen LogP contribution in [0.25, 0.3) is 0 Å². The molecule has 3 N–H and O–H groups in total. The van der Waals surface area contributed by atoms with Crippen LogP contribution in [-0.4, -0.2) is 96.7 Å². The third-order valence-electron chi connectivity index (χ3n) is 15.3. The van der Waals surface area contributed by atoms with E-state index in [1.165, 1.54) is 38.5 Å². The van der Waals surface area contributed by atoms with Crippen molar-refractivity contribution in [3.8, 4) is 0 Å². The second-order valence-corrected chi connectivity index (χ2v) is 27.7. The summed E-state index contributed by atoms with van der Waals surface area (Å²) in [6, 6.07) is 0. The fourth-order valence-corrected chi connectivity index (χ4v) is 11.1. The van der Waals surface area contributed by atoms with E-state index in [2.05, 4.69) is 161 Å². The Labute approximate surface area is 605 Å². The molecule has 0 heterocycles. The first-order chi connectivity index (χ1) is 48.7. The Kier molecular flexibility index (Phi) is 68.6. The number of phosphoric ester groups is 2. The molecule has 0 amide bonds. The number of hydrogen-bond acceptors (Lipinski definition) is 15. The topological polar surface area (TPSA) is 237 Å². The maximum absolute atomic E-state index is 13.1. The highest BCUT2D eigenvalue weighted by Gasteiger charge is 2.30. The van der Waals surface area contributed by atoms with Gasteiger partial charge in [0.15, 0.2) is 12.2 Å². The molecule has 0 saturated heterocycles. The lowest BCUT2D eigenvalue weighted by molar-refractivity contribution is -0.161. The van der Waals surface area contributed by atoms with Crippen LogP contribution in [0, 0.1) is 0 Å². The monoisotopic (exact) mass is 1440 g/mol. The predicted octanol–water partition coefficient (Wildman–Crippen LogP) is 21.9. The molecule has 0 bridgehead atoms. The van der Waals surface area contributed by atoms with Crippen LogP contribution in [0.2, 0.25) is 0 Å².